The van der Waals surface area contributed by atoms with Crippen LogP contribution < -0.4 is 15.4 Å². The zero-order valence-electron chi connectivity index (χ0n) is 17.8. The van der Waals surface area contributed by atoms with E-state index in [1.54, 1.807) is 12.1 Å². The molecule has 0 radical (unpaired) electrons. The van der Waals surface area contributed by atoms with Crippen LogP contribution in [0.1, 0.15) is 34.3 Å². The number of nitrogens with zero attached hydrogens (tertiary/aromatic N) is 1. The minimum absolute atomic E-state index is 0.120. The van der Waals surface area contributed by atoms with Crippen LogP contribution in [0.2, 0.25) is 0 Å². The average molecular weight is 495 g/mol. The Bertz CT molecular complexity index is 1220. The predicted molar refractivity (Wildman–Crippen MR) is 109 cm³/mol. The minimum atomic E-state index is -3.48. The maximum absolute atomic E-state index is 14.2. The molecule has 4 rings (SSSR count). The summed E-state index contributed by atoms with van der Waals surface area (Å²) in [5.74, 6) is -5.63. The van der Waals surface area contributed by atoms with E-state index in [2.05, 4.69) is 10.1 Å². The fraction of sp³-hybridized carbons (Fsp3) is 0.273. The maximum atomic E-state index is 14.2. The van der Waals surface area contributed by atoms with Gasteiger partial charge in [0.2, 0.25) is 11.8 Å². The molecule has 13 heteroatoms. The Kier molecular flexibility index (Phi) is 6.58. The number of halogens is 4. The summed E-state index contributed by atoms with van der Waals surface area (Å²) in [7, 11) is 0. The van der Waals surface area contributed by atoms with Crippen LogP contribution in [0.4, 0.5) is 28.0 Å². The smallest absolute Gasteiger partial charge is 0.412 e. The van der Waals surface area contributed by atoms with Crippen molar-refractivity contribution in [2.45, 2.75) is 38.6 Å². The zero-order chi connectivity index (χ0) is 25.3. The number of fused-ring (bicyclic) bond motifs is 1. The van der Waals surface area contributed by atoms with Crippen molar-refractivity contribution < 1.29 is 46.2 Å². The van der Waals surface area contributed by atoms with Gasteiger partial charge in [-0.3, -0.25) is 25.0 Å². The van der Waals surface area contributed by atoms with Gasteiger partial charge in [-0.2, -0.15) is 8.78 Å². The zero-order valence-corrected chi connectivity index (χ0v) is 17.8. The van der Waals surface area contributed by atoms with E-state index in [1.165, 1.54) is 11.0 Å². The maximum Gasteiger partial charge on any atom is 0.412 e. The number of nitrogens with one attached hydrogen (secondary N) is 2. The Balaban J connectivity index is 1.39. The summed E-state index contributed by atoms with van der Waals surface area (Å²) in [5, 5.41) is 4.17. The molecule has 0 spiro atoms. The molecule has 1 atom stereocenters. The number of piperidine rings is 1. The van der Waals surface area contributed by atoms with E-state index in [4.69, 9.17) is 4.74 Å². The first-order valence-electron chi connectivity index (χ1n) is 10.3. The standard InChI is InChI=1S/C22H17F4N3O6/c23-13-3-4-14(17(24)18(13)35-21(25)26)27-22(33)34-9-10-1-2-11-8-29(20(32)12(11)7-10)15-5-6-16(30)28-19(15)31/h1-4,7,15,21H,5-6,8-9H2,(H,27,33)(H,28,30,31). The third-order valence-electron chi connectivity index (χ3n) is 5.46. The molecule has 0 bridgehead atoms. The number of hydrogen-bond acceptors (Lipinski definition) is 6. The topological polar surface area (TPSA) is 114 Å². The molecule has 35 heavy (non-hydrogen) atoms. The Hall–Kier alpha value is -4.16. The quantitative estimate of drug-likeness (QED) is 0.471. The Morgan fingerprint density at radius 1 is 1.17 bits per heavy atom. The molecule has 4 amide bonds. The molecular weight excluding hydrogens is 478 g/mol. The second kappa shape index (κ2) is 9.60. The normalized spacial score (nSPS) is 17.3. The summed E-state index contributed by atoms with van der Waals surface area (Å²) in [4.78, 5) is 49.7. The number of amides is 4. The van der Waals surface area contributed by atoms with Crippen LogP contribution in [-0.2, 0) is 27.5 Å². The van der Waals surface area contributed by atoms with E-state index in [1.807, 2.05) is 5.32 Å². The summed E-state index contributed by atoms with van der Waals surface area (Å²) in [6, 6.07) is 5.36. The van der Waals surface area contributed by atoms with Crippen molar-refractivity contribution in [1.29, 1.82) is 0 Å². The number of anilines is 1. The largest absolute Gasteiger partial charge is 0.444 e. The molecule has 2 aliphatic rings. The summed E-state index contributed by atoms with van der Waals surface area (Å²) in [5.41, 5.74) is 0.706. The number of hydrogen-bond donors (Lipinski definition) is 2. The molecule has 0 aromatic heterocycles. The minimum Gasteiger partial charge on any atom is -0.444 e. The molecule has 0 saturated carbocycles. The molecule has 1 unspecified atom stereocenters. The third kappa shape index (κ3) is 5.03. The second-order valence-corrected chi connectivity index (χ2v) is 7.71. The van der Waals surface area contributed by atoms with Crippen molar-refractivity contribution >= 4 is 29.5 Å². The summed E-state index contributed by atoms with van der Waals surface area (Å²) in [6.07, 6.45) is -0.838. The number of imide groups is 1. The van der Waals surface area contributed by atoms with Crippen LogP contribution in [0.25, 0.3) is 0 Å². The van der Waals surface area contributed by atoms with Crippen molar-refractivity contribution in [2.24, 2.45) is 0 Å². The van der Waals surface area contributed by atoms with Crippen LogP contribution in [0.5, 0.6) is 5.75 Å². The van der Waals surface area contributed by atoms with Crippen LogP contribution in [-0.4, -0.2) is 41.4 Å². The molecule has 9 nitrogen and oxygen atoms in total. The van der Waals surface area contributed by atoms with Gasteiger partial charge >= 0.3 is 12.7 Å². The number of rotatable bonds is 6. The molecule has 184 valence electrons. The number of carbonyl (C=O) groups is 4. The lowest BCUT2D eigenvalue weighted by molar-refractivity contribution is -0.136. The molecule has 2 aromatic rings. The van der Waals surface area contributed by atoms with E-state index in [9.17, 15) is 36.7 Å². The fourth-order valence-electron chi connectivity index (χ4n) is 3.81. The molecular formula is C22H17F4N3O6. The molecule has 1 saturated heterocycles. The van der Waals surface area contributed by atoms with E-state index >= 15 is 0 Å². The number of benzene rings is 2. The number of ether oxygens (including phenoxy) is 2. The van der Waals surface area contributed by atoms with Crippen LogP contribution in [0, 0.1) is 11.6 Å². The van der Waals surface area contributed by atoms with Gasteiger partial charge in [-0.25, -0.2) is 13.6 Å². The molecule has 1 fully saturated rings. The van der Waals surface area contributed by atoms with Gasteiger partial charge in [0.15, 0.2) is 17.4 Å². The molecule has 2 aliphatic heterocycles. The van der Waals surface area contributed by atoms with Gasteiger partial charge in [0.1, 0.15) is 12.6 Å². The first-order chi connectivity index (χ1) is 16.6. The molecule has 0 aliphatic carbocycles. The highest BCUT2D eigenvalue weighted by Crippen LogP contribution is 2.30. The van der Waals surface area contributed by atoms with Gasteiger partial charge in [-0.1, -0.05) is 12.1 Å². The van der Waals surface area contributed by atoms with E-state index in [0.29, 0.717) is 22.8 Å². The van der Waals surface area contributed by atoms with Crippen molar-refractivity contribution in [3.05, 3.63) is 58.7 Å². The lowest BCUT2D eigenvalue weighted by atomic mass is 10.0. The van der Waals surface area contributed by atoms with E-state index < -0.39 is 59.5 Å². The molecule has 2 N–H and O–H groups in total. The van der Waals surface area contributed by atoms with Gasteiger partial charge in [0.05, 0.1) is 5.69 Å². The lowest BCUT2D eigenvalue weighted by Gasteiger charge is -2.29. The van der Waals surface area contributed by atoms with Gasteiger partial charge in [0.25, 0.3) is 5.91 Å². The Morgan fingerprint density at radius 2 is 1.94 bits per heavy atom. The van der Waals surface area contributed by atoms with Crippen LogP contribution >= 0.6 is 0 Å². The van der Waals surface area contributed by atoms with Crippen LogP contribution in [0.3, 0.4) is 0 Å². The monoisotopic (exact) mass is 495 g/mol. The van der Waals surface area contributed by atoms with Crippen molar-refractivity contribution in [3.8, 4) is 5.75 Å². The van der Waals surface area contributed by atoms with Crippen molar-refractivity contribution in [2.75, 3.05) is 5.32 Å². The Labute approximate surface area is 195 Å². The fourth-order valence-corrected chi connectivity index (χ4v) is 3.81. The van der Waals surface area contributed by atoms with Gasteiger partial charge < -0.3 is 14.4 Å². The highest BCUT2D eigenvalue weighted by atomic mass is 19.3. The molecule has 2 aromatic carbocycles. The Morgan fingerprint density at radius 3 is 2.66 bits per heavy atom. The summed E-state index contributed by atoms with van der Waals surface area (Å²) >= 11 is 0. The highest BCUT2D eigenvalue weighted by molar-refractivity contribution is 6.05. The highest BCUT2D eigenvalue weighted by Gasteiger charge is 2.39. The van der Waals surface area contributed by atoms with Crippen molar-refractivity contribution in [3.63, 3.8) is 0 Å². The number of alkyl halides is 2. The van der Waals surface area contributed by atoms with Gasteiger partial charge in [0, 0.05) is 18.5 Å². The van der Waals surface area contributed by atoms with Crippen molar-refractivity contribution in [1.82, 2.24) is 10.2 Å². The van der Waals surface area contributed by atoms with Gasteiger partial charge in [-0.05, 0) is 35.7 Å². The van der Waals surface area contributed by atoms with E-state index in [-0.39, 0.29) is 26.0 Å². The summed E-state index contributed by atoms with van der Waals surface area (Å²) < 4.78 is 61.2. The lowest BCUT2D eigenvalue weighted by Crippen LogP contribution is -2.52. The predicted octanol–water partition coefficient (Wildman–Crippen LogP) is 3.08. The number of carbonyl (C=O) groups excluding carboxylic acids is 4. The SMILES string of the molecule is O=C1CCC(N2Cc3ccc(COC(=O)Nc4ccc(F)c(OC(F)F)c4F)cc3C2=O)C(=O)N1. The average Bonchev–Trinajstić information content (AvgIpc) is 3.12. The molecule has 2 heterocycles. The third-order valence-corrected chi connectivity index (χ3v) is 5.46. The van der Waals surface area contributed by atoms with Gasteiger partial charge in [-0.15, -0.1) is 0 Å². The second-order valence-electron chi connectivity index (χ2n) is 7.71. The van der Waals surface area contributed by atoms with Crippen LogP contribution in [0.15, 0.2) is 30.3 Å². The summed E-state index contributed by atoms with van der Waals surface area (Å²) in [6.45, 7) is -3.64. The van der Waals surface area contributed by atoms with E-state index in [0.717, 1.165) is 6.07 Å². The first kappa shape index (κ1) is 24.0. The first-order valence-corrected chi connectivity index (χ1v) is 10.3.